The summed E-state index contributed by atoms with van der Waals surface area (Å²) in [7, 11) is 0. The summed E-state index contributed by atoms with van der Waals surface area (Å²) in [5, 5.41) is 11.1. The number of aryl methyl sites for hydroxylation is 1. The Bertz CT molecular complexity index is 477. The number of amides is 1. The Hall–Kier alpha value is -1.47. The van der Waals surface area contributed by atoms with Crippen LogP contribution in [0.25, 0.3) is 0 Å². The maximum atomic E-state index is 11.8. The fraction of sp³-hybridized carbons (Fsp3) is 0.786. The minimum Gasteiger partial charge on any atom is -0.424 e. The summed E-state index contributed by atoms with van der Waals surface area (Å²) >= 11 is 0. The molecule has 0 atom stereocenters. The minimum atomic E-state index is 0.162. The molecule has 0 bridgehead atoms. The molecule has 0 spiro atoms. The van der Waals surface area contributed by atoms with Gasteiger partial charge in [-0.05, 0) is 12.8 Å². The second-order valence-electron chi connectivity index (χ2n) is 5.84. The quantitative estimate of drug-likeness (QED) is 0.797. The van der Waals surface area contributed by atoms with Crippen LogP contribution in [0.5, 0.6) is 0 Å². The van der Waals surface area contributed by atoms with Crippen LogP contribution in [0.2, 0.25) is 0 Å². The minimum absolute atomic E-state index is 0.162. The number of hydrogen-bond acceptors (Lipinski definition) is 6. The van der Waals surface area contributed by atoms with Crippen molar-refractivity contribution in [3.8, 4) is 0 Å². The maximum Gasteiger partial charge on any atom is 0.234 e. The van der Waals surface area contributed by atoms with Gasteiger partial charge in [0, 0.05) is 38.6 Å². The summed E-state index contributed by atoms with van der Waals surface area (Å²) in [6.45, 7) is 6.91. The van der Waals surface area contributed by atoms with E-state index in [0.717, 1.165) is 45.4 Å². The van der Waals surface area contributed by atoms with E-state index in [4.69, 9.17) is 4.42 Å². The molecule has 1 N–H and O–H groups in total. The Labute approximate surface area is 124 Å². The molecule has 1 aromatic heterocycles. The fourth-order valence-electron chi connectivity index (χ4n) is 2.50. The van der Waals surface area contributed by atoms with Gasteiger partial charge < -0.3 is 9.73 Å². The topological polar surface area (TPSA) is 74.5 Å². The van der Waals surface area contributed by atoms with Gasteiger partial charge in [-0.15, -0.1) is 10.2 Å². The molecule has 3 rings (SSSR count). The molecule has 7 heteroatoms. The number of nitrogens with one attached hydrogen (secondary N) is 1. The lowest BCUT2D eigenvalue weighted by atomic mass is 10.3. The molecule has 1 saturated carbocycles. The molecular weight excluding hydrogens is 270 g/mol. The van der Waals surface area contributed by atoms with Crippen LogP contribution in [-0.4, -0.2) is 64.7 Å². The number of hydrogen-bond donors (Lipinski definition) is 1. The fourth-order valence-corrected chi connectivity index (χ4v) is 2.50. The Kier molecular flexibility index (Phi) is 4.50. The highest BCUT2D eigenvalue weighted by Gasteiger charge is 2.25. The summed E-state index contributed by atoms with van der Waals surface area (Å²) in [5.41, 5.74) is 0. The van der Waals surface area contributed by atoms with Crippen LogP contribution >= 0.6 is 0 Å². The largest absolute Gasteiger partial charge is 0.424 e. The van der Waals surface area contributed by atoms with Gasteiger partial charge >= 0.3 is 0 Å². The molecule has 0 aromatic carbocycles. The van der Waals surface area contributed by atoms with E-state index < -0.39 is 0 Å². The third-order valence-electron chi connectivity index (χ3n) is 3.94. The lowest BCUT2D eigenvalue weighted by molar-refractivity contribution is -0.122. The predicted octanol–water partition coefficient (Wildman–Crippen LogP) is 0.0282. The summed E-state index contributed by atoms with van der Waals surface area (Å²) in [4.78, 5) is 16.3. The molecule has 1 aromatic rings. The number of rotatable bonds is 6. The Morgan fingerprint density at radius 2 is 1.86 bits per heavy atom. The van der Waals surface area contributed by atoms with E-state index in [2.05, 4.69) is 25.3 Å². The van der Waals surface area contributed by atoms with Gasteiger partial charge in [0.25, 0.3) is 0 Å². The van der Waals surface area contributed by atoms with Gasteiger partial charge in [0.15, 0.2) is 0 Å². The molecule has 1 aliphatic heterocycles. The molecular formula is C14H23N5O2. The van der Waals surface area contributed by atoms with E-state index in [9.17, 15) is 4.79 Å². The highest BCUT2D eigenvalue weighted by atomic mass is 16.4. The zero-order valence-electron chi connectivity index (χ0n) is 12.5. The van der Waals surface area contributed by atoms with Gasteiger partial charge in [0.2, 0.25) is 17.7 Å². The van der Waals surface area contributed by atoms with Crippen molar-refractivity contribution >= 4 is 5.91 Å². The SMILES string of the molecule is CCc1nnc(CN2CCN(CC(=O)NC3CC3)CC2)o1. The summed E-state index contributed by atoms with van der Waals surface area (Å²) < 4.78 is 5.54. The van der Waals surface area contributed by atoms with Crippen molar-refractivity contribution in [2.24, 2.45) is 0 Å². The summed E-state index contributed by atoms with van der Waals surface area (Å²) in [5.74, 6) is 1.54. The summed E-state index contributed by atoms with van der Waals surface area (Å²) in [6.07, 6.45) is 3.06. The normalized spacial score (nSPS) is 20.6. The van der Waals surface area contributed by atoms with Crippen LogP contribution in [0, 0.1) is 0 Å². The van der Waals surface area contributed by atoms with Crippen molar-refractivity contribution < 1.29 is 9.21 Å². The van der Waals surface area contributed by atoms with E-state index in [1.165, 1.54) is 0 Å². The molecule has 116 valence electrons. The van der Waals surface area contributed by atoms with Crippen LogP contribution in [-0.2, 0) is 17.8 Å². The summed E-state index contributed by atoms with van der Waals surface area (Å²) in [6, 6.07) is 0.448. The first-order valence-electron chi connectivity index (χ1n) is 7.78. The third kappa shape index (κ3) is 4.25. The van der Waals surface area contributed by atoms with E-state index in [1.54, 1.807) is 0 Å². The van der Waals surface area contributed by atoms with Crippen LogP contribution in [0.4, 0.5) is 0 Å². The van der Waals surface area contributed by atoms with Crippen molar-refractivity contribution in [3.63, 3.8) is 0 Å². The van der Waals surface area contributed by atoms with Gasteiger partial charge in [0.05, 0.1) is 13.1 Å². The molecule has 2 aliphatic rings. The van der Waals surface area contributed by atoms with E-state index >= 15 is 0 Å². The van der Waals surface area contributed by atoms with E-state index in [-0.39, 0.29) is 5.91 Å². The smallest absolute Gasteiger partial charge is 0.234 e. The monoisotopic (exact) mass is 293 g/mol. The van der Waals surface area contributed by atoms with Crippen molar-refractivity contribution in [2.45, 2.75) is 38.8 Å². The van der Waals surface area contributed by atoms with Crippen molar-refractivity contribution in [1.29, 1.82) is 0 Å². The zero-order chi connectivity index (χ0) is 14.7. The van der Waals surface area contributed by atoms with Crippen LogP contribution in [0.15, 0.2) is 4.42 Å². The lowest BCUT2D eigenvalue weighted by Crippen LogP contribution is -2.49. The van der Waals surface area contributed by atoms with Crippen molar-refractivity contribution in [3.05, 3.63) is 11.8 Å². The number of carbonyl (C=O) groups is 1. The third-order valence-corrected chi connectivity index (χ3v) is 3.94. The lowest BCUT2D eigenvalue weighted by Gasteiger charge is -2.33. The first-order chi connectivity index (χ1) is 10.2. The average molecular weight is 293 g/mol. The number of nitrogens with zero attached hydrogens (tertiary/aromatic N) is 4. The Morgan fingerprint density at radius 1 is 1.19 bits per heavy atom. The maximum absolute atomic E-state index is 11.8. The van der Waals surface area contributed by atoms with Crippen LogP contribution in [0.1, 0.15) is 31.5 Å². The molecule has 0 unspecified atom stereocenters. The van der Waals surface area contributed by atoms with Crippen molar-refractivity contribution in [2.75, 3.05) is 32.7 Å². The Balaban J connectivity index is 1.38. The first kappa shape index (κ1) is 14.5. The number of piperazine rings is 1. The molecule has 21 heavy (non-hydrogen) atoms. The molecule has 1 amide bonds. The highest BCUT2D eigenvalue weighted by Crippen LogP contribution is 2.18. The predicted molar refractivity (Wildman–Crippen MR) is 76.6 cm³/mol. The number of aromatic nitrogens is 2. The van der Waals surface area contributed by atoms with Gasteiger partial charge in [-0.1, -0.05) is 6.92 Å². The zero-order valence-corrected chi connectivity index (χ0v) is 12.5. The van der Waals surface area contributed by atoms with Gasteiger partial charge in [-0.2, -0.15) is 0 Å². The van der Waals surface area contributed by atoms with E-state index in [1.807, 2.05) is 6.92 Å². The molecule has 2 fully saturated rings. The second kappa shape index (κ2) is 6.53. The van der Waals surface area contributed by atoms with Gasteiger partial charge in [-0.25, -0.2) is 0 Å². The molecule has 7 nitrogen and oxygen atoms in total. The average Bonchev–Trinajstić information content (AvgIpc) is 3.17. The van der Waals surface area contributed by atoms with Crippen LogP contribution < -0.4 is 5.32 Å². The molecule has 2 heterocycles. The Morgan fingerprint density at radius 3 is 2.48 bits per heavy atom. The molecule has 1 saturated heterocycles. The van der Waals surface area contributed by atoms with Gasteiger partial charge in [0.1, 0.15) is 0 Å². The van der Waals surface area contributed by atoms with Crippen molar-refractivity contribution in [1.82, 2.24) is 25.3 Å². The second-order valence-corrected chi connectivity index (χ2v) is 5.84. The highest BCUT2D eigenvalue weighted by molar-refractivity contribution is 5.78. The first-order valence-corrected chi connectivity index (χ1v) is 7.78. The van der Waals surface area contributed by atoms with Gasteiger partial charge in [-0.3, -0.25) is 14.6 Å². The molecule has 0 radical (unpaired) electrons. The van der Waals surface area contributed by atoms with E-state index in [0.29, 0.717) is 30.9 Å². The van der Waals surface area contributed by atoms with Crippen LogP contribution in [0.3, 0.4) is 0 Å². The number of carbonyl (C=O) groups excluding carboxylic acids is 1. The standard InChI is InChI=1S/C14H23N5O2/c1-2-13-16-17-14(21-13)10-19-7-5-18(6-8-19)9-12(20)15-11-3-4-11/h11H,2-10H2,1H3,(H,15,20). The molecule has 1 aliphatic carbocycles.